The van der Waals surface area contributed by atoms with Crippen molar-refractivity contribution in [1.29, 1.82) is 0 Å². The summed E-state index contributed by atoms with van der Waals surface area (Å²) in [5.74, 6) is 1.18. The highest BCUT2D eigenvalue weighted by molar-refractivity contribution is 8.01. The van der Waals surface area contributed by atoms with Crippen LogP contribution in [-0.2, 0) is 4.79 Å². The van der Waals surface area contributed by atoms with Gasteiger partial charge in [-0.2, -0.15) is 0 Å². The number of carbonyl (C=O) groups is 2. The summed E-state index contributed by atoms with van der Waals surface area (Å²) >= 11 is 2.46. The first-order valence-corrected chi connectivity index (χ1v) is 11.8. The number of nitrogens with zero attached hydrogens (tertiary/aromatic N) is 2. The van der Waals surface area contributed by atoms with Crippen molar-refractivity contribution < 1.29 is 19.1 Å². The predicted molar refractivity (Wildman–Crippen MR) is 127 cm³/mol. The molecule has 32 heavy (non-hydrogen) atoms. The molecule has 2 amide bonds. The maximum atomic E-state index is 12.4. The van der Waals surface area contributed by atoms with Crippen LogP contribution >= 0.6 is 23.1 Å². The molecule has 1 heterocycles. The van der Waals surface area contributed by atoms with Crippen molar-refractivity contribution in [2.75, 3.05) is 23.0 Å². The Morgan fingerprint density at radius 3 is 2.34 bits per heavy atom. The predicted octanol–water partition coefficient (Wildman–Crippen LogP) is 4.71. The van der Waals surface area contributed by atoms with Crippen molar-refractivity contribution in [3.05, 3.63) is 54.1 Å². The second-order valence-corrected chi connectivity index (χ2v) is 9.01. The van der Waals surface area contributed by atoms with Gasteiger partial charge in [-0.3, -0.25) is 14.9 Å². The molecule has 0 unspecified atom stereocenters. The zero-order chi connectivity index (χ0) is 22.9. The number of hydrogen-bond donors (Lipinski definition) is 2. The third-order valence-corrected chi connectivity index (χ3v) is 5.86. The summed E-state index contributed by atoms with van der Waals surface area (Å²) in [6.45, 7) is 6.38. The number of ether oxygens (including phenoxy) is 2. The third-order valence-electron chi connectivity index (χ3n) is 3.89. The molecule has 0 radical (unpaired) electrons. The lowest BCUT2D eigenvalue weighted by atomic mass is 10.2. The molecule has 8 nitrogen and oxygen atoms in total. The number of amides is 2. The molecule has 2 N–H and O–H groups in total. The number of anilines is 2. The van der Waals surface area contributed by atoms with Crippen LogP contribution < -0.4 is 20.1 Å². The van der Waals surface area contributed by atoms with E-state index in [-0.39, 0.29) is 23.7 Å². The number of hydrogen-bond acceptors (Lipinski definition) is 8. The molecule has 1 aromatic heterocycles. The van der Waals surface area contributed by atoms with E-state index in [1.807, 2.05) is 20.8 Å². The summed E-state index contributed by atoms with van der Waals surface area (Å²) in [6, 6.07) is 14.1. The van der Waals surface area contributed by atoms with Crippen LogP contribution in [-0.4, -0.2) is 40.5 Å². The number of benzene rings is 2. The fourth-order valence-corrected chi connectivity index (χ4v) is 4.12. The highest BCUT2D eigenvalue weighted by atomic mass is 32.2. The Balaban J connectivity index is 1.46. The molecule has 0 atom stereocenters. The molecule has 0 saturated carbocycles. The smallest absolute Gasteiger partial charge is 0.257 e. The molecule has 0 saturated heterocycles. The Bertz CT molecular complexity index is 1040. The van der Waals surface area contributed by atoms with Gasteiger partial charge < -0.3 is 14.8 Å². The van der Waals surface area contributed by atoms with E-state index in [4.69, 9.17) is 9.47 Å². The number of thioether (sulfide) groups is 1. The minimum atomic E-state index is -0.290. The van der Waals surface area contributed by atoms with Gasteiger partial charge in [-0.15, -0.1) is 10.2 Å². The SMILES string of the molecule is CCOc1ccc(NC(=O)CSc2nnc(NC(=O)c3ccc(OC(C)C)cc3)s2)cc1. The summed E-state index contributed by atoms with van der Waals surface area (Å²) in [5.41, 5.74) is 1.18. The van der Waals surface area contributed by atoms with Gasteiger partial charge in [0.15, 0.2) is 4.34 Å². The largest absolute Gasteiger partial charge is 0.494 e. The van der Waals surface area contributed by atoms with E-state index in [2.05, 4.69) is 20.8 Å². The molecular formula is C22H24N4O4S2. The van der Waals surface area contributed by atoms with Gasteiger partial charge in [-0.05, 0) is 69.3 Å². The van der Waals surface area contributed by atoms with Crippen LogP contribution in [0.3, 0.4) is 0 Å². The Morgan fingerprint density at radius 1 is 1.00 bits per heavy atom. The lowest BCUT2D eigenvalue weighted by molar-refractivity contribution is -0.113. The van der Waals surface area contributed by atoms with Crippen molar-refractivity contribution in [3.8, 4) is 11.5 Å². The molecular weight excluding hydrogens is 448 g/mol. The molecule has 3 aromatic rings. The minimum Gasteiger partial charge on any atom is -0.494 e. The normalized spacial score (nSPS) is 10.6. The van der Waals surface area contributed by atoms with E-state index >= 15 is 0 Å². The van der Waals surface area contributed by atoms with Crippen molar-refractivity contribution in [2.24, 2.45) is 0 Å². The summed E-state index contributed by atoms with van der Waals surface area (Å²) in [6.07, 6.45) is 0.0648. The zero-order valence-electron chi connectivity index (χ0n) is 18.0. The standard InChI is InChI=1S/C22H24N4O4S2/c1-4-29-17-11-7-16(8-12-17)23-19(27)13-31-22-26-25-21(32-22)24-20(28)15-5-9-18(10-6-15)30-14(2)3/h5-12,14H,4,13H2,1-3H3,(H,23,27)(H,24,25,28). The first kappa shape index (κ1) is 23.6. The van der Waals surface area contributed by atoms with Crippen LogP contribution in [0.4, 0.5) is 10.8 Å². The Hall–Kier alpha value is -3.11. The van der Waals surface area contributed by atoms with E-state index in [0.29, 0.717) is 33.1 Å². The summed E-state index contributed by atoms with van der Waals surface area (Å²) in [4.78, 5) is 24.6. The molecule has 0 bridgehead atoms. The summed E-state index contributed by atoms with van der Waals surface area (Å²) in [7, 11) is 0. The first-order valence-electron chi connectivity index (χ1n) is 10.00. The average Bonchev–Trinajstić information content (AvgIpc) is 3.21. The zero-order valence-corrected chi connectivity index (χ0v) is 19.6. The maximum absolute atomic E-state index is 12.4. The molecule has 3 rings (SSSR count). The van der Waals surface area contributed by atoms with Crippen LogP contribution in [0.5, 0.6) is 11.5 Å². The third kappa shape index (κ3) is 7.24. The topological polar surface area (TPSA) is 102 Å². The highest BCUT2D eigenvalue weighted by Gasteiger charge is 2.12. The molecule has 2 aromatic carbocycles. The van der Waals surface area contributed by atoms with Gasteiger partial charge in [-0.25, -0.2) is 0 Å². The van der Waals surface area contributed by atoms with Crippen molar-refractivity contribution >= 4 is 45.7 Å². The van der Waals surface area contributed by atoms with Gasteiger partial charge in [0.2, 0.25) is 11.0 Å². The lowest BCUT2D eigenvalue weighted by Gasteiger charge is -2.09. The first-order chi connectivity index (χ1) is 15.4. The van der Waals surface area contributed by atoms with Gasteiger partial charge in [0.05, 0.1) is 18.5 Å². The van der Waals surface area contributed by atoms with Crippen LogP contribution in [0.15, 0.2) is 52.9 Å². The molecule has 0 fully saturated rings. The van der Waals surface area contributed by atoms with Crippen molar-refractivity contribution in [1.82, 2.24) is 10.2 Å². The maximum Gasteiger partial charge on any atom is 0.257 e. The van der Waals surface area contributed by atoms with Crippen LogP contribution in [0.2, 0.25) is 0 Å². The van der Waals surface area contributed by atoms with Crippen molar-refractivity contribution in [3.63, 3.8) is 0 Å². The molecule has 0 aliphatic rings. The van der Waals surface area contributed by atoms with Gasteiger partial charge in [0, 0.05) is 11.3 Å². The van der Waals surface area contributed by atoms with E-state index in [1.54, 1.807) is 48.5 Å². The summed E-state index contributed by atoms with van der Waals surface area (Å²) in [5, 5.41) is 13.9. The molecule has 0 spiro atoms. The second kappa shape index (κ2) is 11.5. The Morgan fingerprint density at radius 2 is 1.69 bits per heavy atom. The Labute approximate surface area is 194 Å². The van der Waals surface area contributed by atoms with Gasteiger partial charge >= 0.3 is 0 Å². The fourth-order valence-electron chi connectivity index (χ4n) is 2.57. The molecule has 10 heteroatoms. The number of carbonyl (C=O) groups excluding carboxylic acids is 2. The minimum absolute atomic E-state index is 0.0648. The van der Waals surface area contributed by atoms with E-state index in [9.17, 15) is 9.59 Å². The van der Waals surface area contributed by atoms with Crippen LogP contribution in [0.1, 0.15) is 31.1 Å². The fraction of sp³-hybridized carbons (Fsp3) is 0.273. The van der Waals surface area contributed by atoms with Crippen LogP contribution in [0, 0.1) is 0 Å². The molecule has 168 valence electrons. The highest BCUT2D eigenvalue weighted by Crippen LogP contribution is 2.26. The lowest BCUT2D eigenvalue weighted by Crippen LogP contribution is -2.13. The van der Waals surface area contributed by atoms with Crippen LogP contribution in [0.25, 0.3) is 0 Å². The Kier molecular flexibility index (Phi) is 8.46. The van der Waals surface area contributed by atoms with E-state index in [0.717, 1.165) is 5.75 Å². The second-order valence-electron chi connectivity index (χ2n) is 6.81. The van der Waals surface area contributed by atoms with E-state index < -0.39 is 0 Å². The van der Waals surface area contributed by atoms with Gasteiger partial charge in [0.1, 0.15) is 11.5 Å². The van der Waals surface area contributed by atoms with E-state index in [1.165, 1.54) is 23.1 Å². The molecule has 0 aliphatic heterocycles. The average molecular weight is 473 g/mol. The number of aromatic nitrogens is 2. The summed E-state index contributed by atoms with van der Waals surface area (Å²) < 4.78 is 11.5. The van der Waals surface area contributed by atoms with Gasteiger partial charge in [0.25, 0.3) is 5.91 Å². The van der Waals surface area contributed by atoms with Crippen molar-refractivity contribution in [2.45, 2.75) is 31.2 Å². The number of nitrogens with one attached hydrogen (secondary N) is 2. The van der Waals surface area contributed by atoms with Gasteiger partial charge in [-0.1, -0.05) is 23.1 Å². The molecule has 0 aliphatic carbocycles. The monoisotopic (exact) mass is 472 g/mol. The quantitative estimate of drug-likeness (QED) is 0.325. The number of rotatable bonds is 10.